The zero-order valence-corrected chi connectivity index (χ0v) is 34.0. The number of hydrogen-bond donors (Lipinski definition) is 1. The molecule has 0 unspecified atom stereocenters. The minimum absolute atomic E-state index is 0.0973. The Labute approximate surface area is 310 Å². The molecule has 0 aliphatic rings. The minimum Gasteiger partial charge on any atom is -0.506 e. The highest BCUT2D eigenvalue weighted by molar-refractivity contribution is 9.11. The molecular weight excluding hydrogens is 851 g/mol. The standard InChI is InChI=1S/C16H19BrClNO2S.C13H13BrClNOS.C3H7BrO/c1-10(2)8-14-15(19-16(17)22-14)11-4-5-13(12(18)9-11)21-7-6-20-3;1-7(2)5-11-12(16-13(14)18-11)8-3-4-10(17)9(15)6-8;1-5-3-2-4/h4-5,9-10H,6-8H2,1-3H3;3-4,6-7,17H,5H2,1-2H3;2-3H2,1H3. The lowest BCUT2D eigenvalue weighted by Gasteiger charge is -2.10. The maximum absolute atomic E-state index is 9.45. The average Bonchev–Trinajstić information content (AvgIpc) is 3.52. The van der Waals surface area contributed by atoms with Crippen LogP contribution in [-0.2, 0) is 22.3 Å². The van der Waals surface area contributed by atoms with Crippen molar-refractivity contribution in [2.75, 3.05) is 39.4 Å². The molecule has 45 heavy (non-hydrogen) atoms. The summed E-state index contributed by atoms with van der Waals surface area (Å²) in [6.07, 6.45) is 1.99. The molecule has 0 spiro atoms. The first-order valence-corrected chi connectivity index (χ1v) is 19.2. The summed E-state index contributed by atoms with van der Waals surface area (Å²) in [7, 11) is 3.33. The zero-order chi connectivity index (χ0) is 33.5. The van der Waals surface area contributed by atoms with Crippen molar-refractivity contribution in [2.24, 2.45) is 11.8 Å². The molecule has 0 aliphatic carbocycles. The summed E-state index contributed by atoms with van der Waals surface area (Å²) in [5, 5.41) is 11.3. The average molecular weight is 890 g/mol. The number of aromatic hydroxyl groups is 1. The summed E-state index contributed by atoms with van der Waals surface area (Å²) in [6, 6.07) is 11.0. The first kappa shape index (κ1) is 40.4. The number of aromatic nitrogens is 2. The molecule has 0 saturated carbocycles. The van der Waals surface area contributed by atoms with Gasteiger partial charge in [0, 0.05) is 40.4 Å². The van der Waals surface area contributed by atoms with Crippen molar-refractivity contribution in [3.8, 4) is 34.0 Å². The molecule has 2 aromatic heterocycles. The predicted octanol–water partition coefficient (Wildman–Crippen LogP) is 11.6. The van der Waals surface area contributed by atoms with Crippen LogP contribution in [0.3, 0.4) is 0 Å². The third-order valence-corrected chi connectivity index (χ3v) is 9.76. The maximum atomic E-state index is 9.45. The van der Waals surface area contributed by atoms with Gasteiger partial charge in [-0.1, -0.05) is 66.8 Å². The normalized spacial score (nSPS) is 10.9. The van der Waals surface area contributed by atoms with Gasteiger partial charge in [0.25, 0.3) is 0 Å². The van der Waals surface area contributed by atoms with E-state index in [0.29, 0.717) is 40.8 Å². The van der Waals surface area contributed by atoms with Crippen LogP contribution in [0.2, 0.25) is 10.0 Å². The zero-order valence-electron chi connectivity index (χ0n) is 26.1. The van der Waals surface area contributed by atoms with E-state index in [9.17, 15) is 5.11 Å². The second-order valence-electron chi connectivity index (χ2n) is 10.5. The van der Waals surface area contributed by atoms with Gasteiger partial charge >= 0.3 is 0 Å². The Bertz CT molecular complexity index is 1470. The summed E-state index contributed by atoms with van der Waals surface area (Å²) < 4.78 is 17.0. The quantitative estimate of drug-likeness (QED) is 0.113. The van der Waals surface area contributed by atoms with Gasteiger partial charge in [-0.25, -0.2) is 9.97 Å². The Morgan fingerprint density at radius 3 is 1.64 bits per heavy atom. The van der Waals surface area contributed by atoms with Crippen LogP contribution >= 0.6 is 93.7 Å². The summed E-state index contributed by atoms with van der Waals surface area (Å²) in [4.78, 5) is 11.6. The van der Waals surface area contributed by atoms with Crippen LogP contribution in [-0.4, -0.2) is 54.4 Å². The topological polar surface area (TPSA) is 73.7 Å². The maximum Gasteiger partial charge on any atom is 0.160 e. The molecule has 2 heterocycles. The molecule has 0 bridgehead atoms. The van der Waals surface area contributed by atoms with Crippen LogP contribution in [0, 0.1) is 11.8 Å². The number of benzene rings is 2. The molecule has 0 atom stereocenters. The first-order chi connectivity index (χ1) is 21.4. The van der Waals surface area contributed by atoms with Crippen molar-refractivity contribution in [1.82, 2.24) is 9.97 Å². The van der Waals surface area contributed by atoms with Crippen molar-refractivity contribution >= 4 is 93.7 Å². The number of phenolic OH excluding ortho intramolecular Hbond substituents is 1. The van der Waals surface area contributed by atoms with Crippen molar-refractivity contribution in [1.29, 1.82) is 0 Å². The molecule has 2 aromatic carbocycles. The summed E-state index contributed by atoms with van der Waals surface area (Å²) >= 11 is 25.7. The Hall–Kier alpha value is -0.760. The largest absolute Gasteiger partial charge is 0.506 e. The highest BCUT2D eigenvalue weighted by Gasteiger charge is 2.16. The molecule has 0 aliphatic heterocycles. The fourth-order valence-corrected chi connectivity index (χ4v) is 8.15. The fraction of sp³-hybridized carbons (Fsp3) is 0.438. The van der Waals surface area contributed by atoms with E-state index in [-0.39, 0.29) is 5.75 Å². The highest BCUT2D eigenvalue weighted by Crippen LogP contribution is 2.37. The lowest BCUT2D eigenvalue weighted by molar-refractivity contribution is 0.146. The number of methoxy groups -OCH3 is 2. The van der Waals surface area contributed by atoms with E-state index < -0.39 is 0 Å². The van der Waals surface area contributed by atoms with Crippen molar-refractivity contribution in [3.05, 3.63) is 64.0 Å². The molecule has 248 valence electrons. The molecule has 0 radical (unpaired) electrons. The van der Waals surface area contributed by atoms with E-state index in [1.54, 1.807) is 49.0 Å². The number of thiazole rings is 2. The number of nitrogens with zero attached hydrogens (tertiary/aromatic N) is 2. The molecule has 0 fully saturated rings. The van der Waals surface area contributed by atoms with E-state index in [2.05, 4.69) is 90.2 Å². The van der Waals surface area contributed by atoms with Gasteiger partial charge in [0.1, 0.15) is 18.1 Å². The van der Waals surface area contributed by atoms with Gasteiger partial charge in [0.05, 0.1) is 34.6 Å². The molecule has 0 saturated heterocycles. The van der Waals surface area contributed by atoms with Gasteiger partial charge in [-0.2, -0.15) is 0 Å². The summed E-state index contributed by atoms with van der Waals surface area (Å²) in [6.45, 7) is 10.6. The minimum atomic E-state index is 0.0973. The monoisotopic (exact) mass is 886 g/mol. The Morgan fingerprint density at radius 1 is 0.756 bits per heavy atom. The van der Waals surface area contributed by atoms with Gasteiger partial charge in [-0.05, 0) is 92.9 Å². The van der Waals surface area contributed by atoms with Gasteiger partial charge in [-0.3, -0.25) is 0 Å². The molecule has 6 nitrogen and oxygen atoms in total. The first-order valence-electron chi connectivity index (χ1n) is 14.2. The third kappa shape index (κ3) is 14.1. The van der Waals surface area contributed by atoms with Crippen LogP contribution < -0.4 is 4.74 Å². The van der Waals surface area contributed by atoms with Crippen molar-refractivity contribution in [2.45, 2.75) is 40.5 Å². The number of rotatable bonds is 12. The smallest absolute Gasteiger partial charge is 0.160 e. The Morgan fingerprint density at radius 2 is 1.24 bits per heavy atom. The van der Waals surface area contributed by atoms with Crippen LogP contribution in [0.1, 0.15) is 37.4 Å². The number of phenols is 1. The van der Waals surface area contributed by atoms with Gasteiger partial charge < -0.3 is 19.3 Å². The second kappa shape index (κ2) is 21.3. The molecule has 4 rings (SSSR count). The van der Waals surface area contributed by atoms with Gasteiger partial charge in [-0.15, -0.1) is 22.7 Å². The number of halogens is 5. The summed E-state index contributed by atoms with van der Waals surface area (Å²) in [5.41, 5.74) is 3.90. The molecule has 13 heteroatoms. The lowest BCUT2D eigenvalue weighted by Crippen LogP contribution is -2.04. The second-order valence-corrected chi connectivity index (χ2v) is 16.8. The molecular formula is C32H39Br3Cl2N2O4S2. The number of ether oxygens (including phenoxy) is 3. The van der Waals surface area contributed by atoms with Gasteiger partial charge in [0.2, 0.25) is 0 Å². The van der Waals surface area contributed by atoms with E-state index in [1.165, 1.54) is 9.75 Å². The van der Waals surface area contributed by atoms with Crippen LogP contribution in [0.4, 0.5) is 0 Å². The van der Waals surface area contributed by atoms with Crippen LogP contribution in [0.5, 0.6) is 11.5 Å². The summed E-state index contributed by atoms with van der Waals surface area (Å²) in [5.74, 6) is 1.92. The highest BCUT2D eigenvalue weighted by atomic mass is 79.9. The molecule has 4 aromatic rings. The Balaban J connectivity index is 0.000000277. The van der Waals surface area contributed by atoms with E-state index in [4.69, 9.17) is 32.7 Å². The van der Waals surface area contributed by atoms with Gasteiger partial charge in [0.15, 0.2) is 7.83 Å². The SMILES string of the molecule is CC(C)Cc1sc(Br)nc1-c1ccc(O)c(Cl)c1.COCCBr.COCCOc1ccc(-c2nc(Br)sc2CC(C)C)cc1Cl. The number of hydrogen-bond acceptors (Lipinski definition) is 8. The van der Waals surface area contributed by atoms with E-state index in [1.807, 2.05) is 24.3 Å². The third-order valence-electron chi connectivity index (χ3n) is 5.78. The van der Waals surface area contributed by atoms with Crippen molar-refractivity contribution in [3.63, 3.8) is 0 Å². The molecule has 0 amide bonds. The Kier molecular flexibility index (Phi) is 19.1. The fourth-order valence-electron chi connectivity index (χ4n) is 3.85. The van der Waals surface area contributed by atoms with Crippen LogP contribution in [0.25, 0.3) is 22.5 Å². The predicted molar refractivity (Wildman–Crippen MR) is 202 cm³/mol. The number of alkyl halides is 1. The molecule has 1 N–H and O–H groups in total. The van der Waals surface area contributed by atoms with Crippen molar-refractivity contribution < 1.29 is 19.3 Å². The van der Waals surface area contributed by atoms with E-state index in [0.717, 1.165) is 55.1 Å². The van der Waals surface area contributed by atoms with Crippen LogP contribution in [0.15, 0.2) is 44.2 Å². The lowest BCUT2D eigenvalue weighted by atomic mass is 10.0. The van der Waals surface area contributed by atoms with E-state index >= 15 is 0 Å².